The number of unbranched alkanes of at least 4 members (excludes halogenated alkanes) is 15. The van der Waals surface area contributed by atoms with E-state index in [1.54, 1.807) is 0 Å². The van der Waals surface area contributed by atoms with Crippen molar-refractivity contribution in [3.05, 3.63) is 89.5 Å². The second-order valence-electron chi connectivity index (χ2n) is 13.3. The summed E-state index contributed by atoms with van der Waals surface area (Å²) in [5.41, 5.74) is 2.35. The van der Waals surface area contributed by atoms with E-state index in [1.165, 1.54) is 96.3 Å². The summed E-state index contributed by atoms with van der Waals surface area (Å²) in [4.78, 5) is 0. The van der Waals surface area contributed by atoms with Crippen molar-refractivity contribution in [1.82, 2.24) is 0 Å². The molecule has 3 aromatic carbocycles. The van der Waals surface area contributed by atoms with E-state index < -0.39 is 5.41 Å². The van der Waals surface area contributed by atoms with Crippen LogP contribution in [0.5, 0.6) is 17.2 Å². The van der Waals surface area contributed by atoms with Crippen LogP contribution < -0.4 is 14.2 Å². The predicted molar refractivity (Wildman–Crippen MR) is 205 cm³/mol. The summed E-state index contributed by atoms with van der Waals surface area (Å²) >= 11 is 0. The van der Waals surface area contributed by atoms with E-state index in [1.807, 2.05) is 0 Å². The van der Waals surface area contributed by atoms with Crippen molar-refractivity contribution in [2.24, 2.45) is 0 Å². The molecule has 0 spiro atoms. The highest BCUT2D eigenvalue weighted by atomic mass is 16.5. The van der Waals surface area contributed by atoms with Crippen molar-refractivity contribution < 1.29 is 14.2 Å². The summed E-state index contributed by atoms with van der Waals surface area (Å²) < 4.78 is 18.4. The van der Waals surface area contributed by atoms with Crippen LogP contribution in [0.3, 0.4) is 0 Å². The highest BCUT2D eigenvalue weighted by molar-refractivity contribution is 5.59. The lowest BCUT2D eigenvalue weighted by molar-refractivity contribution is 0.304. The Hall–Kier alpha value is -3.38. The van der Waals surface area contributed by atoms with Crippen LogP contribution in [0.1, 0.15) is 153 Å². The highest BCUT2D eigenvalue weighted by Crippen LogP contribution is 2.40. The van der Waals surface area contributed by atoms with Gasteiger partial charge in [0.05, 0.1) is 19.8 Å². The van der Waals surface area contributed by atoms with Crippen LogP contribution >= 0.6 is 0 Å². The van der Waals surface area contributed by atoms with Crippen LogP contribution in [0.25, 0.3) is 0 Å². The molecule has 262 valence electrons. The van der Waals surface area contributed by atoms with E-state index in [0.717, 1.165) is 73.0 Å². The Labute approximate surface area is 294 Å². The molecule has 0 N–H and O–H groups in total. The van der Waals surface area contributed by atoms with Gasteiger partial charge in [-0.05, 0) is 72.4 Å². The number of terminal acetylenes is 1. The third-order valence-electron chi connectivity index (χ3n) is 9.38. The molecule has 0 aliphatic rings. The fourth-order valence-electron chi connectivity index (χ4n) is 6.37. The molecule has 0 heterocycles. The zero-order valence-electron chi connectivity index (χ0n) is 30.6. The average molecular weight is 653 g/mol. The second kappa shape index (κ2) is 23.9. The largest absolute Gasteiger partial charge is 0.494 e. The third kappa shape index (κ3) is 13.3. The van der Waals surface area contributed by atoms with Crippen LogP contribution in [-0.4, -0.2) is 19.8 Å². The van der Waals surface area contributed by atoms with Gasteiger partial charge in [-0.1, -0.05) is 159 Å². The first-order chi connectivity index (χ1) is 23.7. The molecule has 0 aromatic heterocycles. The van der Waals surface area contributed by atoms with Gasteiger partial charge in [0.1, 0.15) is 22.7 Å². The van der Waals surface area contributed by atoms with Gasteiger partial charge in [-0.3, -0.25) is 0 Å². The van der Waals surface area contributed by atoms with Gasteiger partial charge in [0.25, 0.3) is 0 Å². The maximum Gasteiger partial charge on any atom is 0.119 e. The van der Waals surface area contributed by atoms with Gasteiger partial charge < -0.3 is 14.2 Å². The molecule has 3 heteroatoms. The van der Waals surface area contributed by atoms with Gasteiger partial charge in [-0.25, -0.2) is 0 Å². The molecule has 0 saturated heterocycles. The van der Waals surface area contributed by atoms with Gasteiger partial charge in [0, 0.05) is 0 Å². The average Bonchev–Trinajstić information content (AvgIpc) is 3.12. The first kappa shape index (κ1) is 39.1. The smallest absolute Gasteiger partial charge is 0.119 e. The molecule has 0 unspecified atom stereocenters. The number of rotatable bonds is 27. The van der Waals surface area contributed by atoms with Crippen LogP contribution in [0.4, 0.5) is 0 Å². The summed E-state index contributed by atoms with van der Waals surface area (Å²) in [5, 5.41) is 0. The SMILES string of the molecule is C#CC(c1ccc(OCCCCCCCC)cc1)(c1ccc(OCCCCCCCC)cc1)c1ccc(OCCCCCCCC)cc1. The predicted octanol–water partition coefficient (Wildman–Crippen LogP) is 12.9. The van der Waals surface area contributed by atoms with E-state index in [9.17, 15) is 0 Å². The molecule has 0 atom stereocenters. The van der Waals surface area contributed by atoms with Crippen molar-refractivity contribution in [2.75, 3.05) is 19.8 Å². The Morgan fingerprint density at radius 2 is 0.646 bits per heavy atom. The number of hydrogen-bond acceptors (Lipinski definition) is 3. The topological polar surface area (TPSA) is 27.7 Å². The van der Waals surface area contributed by atoms with Crippen molar-refractivity contribution in [3.8, 4) is 29.6 Å². The lowest BCUT2D eigenvalue weighted by atomic mass is 9.70. The molecule has 3 rings (SSSR count). The van der Waals surface area contributed by atoms with Gasteiger partial charge in [0.2, 0.25) is 0 Å². The van der Waals surface area contributed by atoms with Gasteiger partial charge in [-0.15, -0.1) is 6.42 Å². The van der Waals surface area contributed by atoms with Crippen LogP contribution in [0, 0.1) is 12.3 Å². The van der Waals surface area contributed by atoms with Crippen molar-refractivity contribution >= 4 is 0 Å². The van der Waals surface area contributed by atoms with Gasteiger partial charge >= 0.3 is 0 Å². The van der Waals surface area contributed by atoms with E-state index in [-0.39, 0.29) is 0 Å². The maximum absolute atomic E-state index is 6.52. The van der Waals surface area contributed by atoms with Gasteiger partial charge in [0.15, 0.2) is 0 Å². The highest BCUT2D eigenvalue weighted by Gasteiger charge is 2.34. The fraction of sp³-hybridized carbons (Fsp3) is 0.556. The summed E-state index contributed by atoms with van der Waals surface area (Å²) in [7, 11) is 0. The van der Waals surface area contributed by atoms with Crippen molar-refractivity contribution in [1.29, 1.82) is 0 Å². The summed E-state index contributed by atoms with van der Waals surface area (Å²) in [6.45, 7) is 8.99. The molecular weight excluding hydrogens is 588 g/mol. The number of ether oxygens (including phenoxy) is 3. The summed E-state index contributed by atoms with van der Waals surface area (Å²) in [6, 6.07) is 25.1. The minimum atomic E-state index is -0.770. The minimum Gasteiger partial charge on any atom is -0.494 e. The van der Waals surface area contributed by atoms with Gasteiger partial charge in [-0.2, -0.15) is 0 Å². The molecule has 0 saturated carbocycles. The van der Waals surface area contributed by atoms with E-state index >= 15 is 0 Å². The standard InChI is InChI=1S/C45H64O3/c1-5-9-12-15-18-21-36-46-42-30-24-39(25-31-42)45(8-4,40-26-32-43(33-27-40)47-37-22-19-16-13-10-6-2)41-28-34-44(35-29-41)48-38-23-20-17-14-11-7-3/h4,24-35H,5-7,9-23,36-38H2,1-3H3. The maximum atomic E-state index is 6.52. The fourth-order valence-corrected chi connectivity index (χ4v) is 6.37. The van der Waals surface area contributed by atoms with Crippen LogP contribution in [-0.2, 0) is 5.41 Å². The lowest BCUT2D eigenvalue weighted by Gasteiger charge is -2.31. The first-order valence-corrected chi connectivity index (χ1v) is 19.4. The Morgan fingerprint density at radius 3 is 0.896 bits per heavy atom. The monoisotopic (exact) mass is 652 g/mol. The Balaban J connectivity index is 1.73. The number of hydrogen-bond donors (Lipinski definition) is 0. The molecule has 48 heavy (non-hydrogen) atoms. The molecule has 3 nitrogen and oxygen atoms in total. The summed E-state index contributed by atoms with van der Waals surface area (Å²) in [5.74, 6) is 5.88. The third-order valence-corrected chi connectivity index (χ3v) is 9.38. The zero-order valence-corrected chi connectivity index (χ0v) is 30.6. The molecule has 0 aliphatic carbocycles. The molecule has 0 bridgehead atoms. The molecule has 0 radical (unpaired) electrons. The molecule has 0 amide bonds. The molecular formula is C45H64O3. The van der Waals surface area contributed by atoms with E-state index in [4.69, 9.17) is 20.6 Å². The normalized spacial score (nSPS) is 11.3. The quantitative estimate of drug-likeness (QED) is 0.0466. The molecule has 0 aliphatic heterocycles. The second-order valence-corrected chi connectivity index (χ2v) is 13.3. The van der Waals surface area contributed by atoms with E-state index in [0.29, 0.717) is 0 Å². The van der Waals surface area contributed by atoms with Crippen LogP contribution in [0.2, 0.25) is 0 Å². The summed E-state index contributed by atoms with van der Waals surface area (Å²) in [6.07, 6.45) is 29.0. The Kier molecular flexibility index (Phi) is 19.4. The van der Waals surface area contributed by atoms with Crippen molar-refractivity contribution in [2.45, 2.75) is 142 Å². The molecule has 0 fully saturated rings. The molecule has 3 aromatic rings. The van der Waals surface area contributed by atoms with E-state index in [2.05, 4.69) is 99.5 Å². The van der Waals surface area contributed by atoms with Crippen molar-refractivity contribution in [3.63, 3.8) is 0 Å². The first-order valence-electron chi connectivity index (χ1n) is 19.4. The van der Waals surface area contributed by atoms with Crippen LogP contribution in [0.15, 0.2) is 72.8 Å². The lowest BCUT2D eigenvalue weighted by Crippen LogP contribution is -2.27. The Bertz CT molecular complexity index is 1100. The zero-order chi connectivity index (χ0) is 34.1. The Morgan fingerprint density at radius 1 is 0.396 bits per heavy atom. The minimum absolute atomic E-state index is 0.742. The number of benzene rings is 3.